The van der Waals surface area contributed by atoms with Gasteiger partial charge in [0.15, 0.2) is 5.82 Å². The molecule has 0 spiro atoms. The number of pyridine rings is 1. The number of aromatic carboxylic acids is 1. The van der Waals surface area contributed by atoms with Crippen molar-refractivity contribution in [2.45, 2.75) is 6.61 Å². The molecule has 0 unspecified atom stereocenters. The molecule has 2 N–H and O–H groups in total. The number of benzene rings is 1. The van der Waals surface area contributed by atoms with Gasteiger partial charge in [0, 0.05) is 36.8 Å². The number of nitrogens with one attached hydrogen (secondary N) is 1. The lowest BCUT2D eigenvalue weighted by Crippen LogP contribution is -2.03. The van der Waals surface area contributed by atoms with Crippen LogP contribution in [0.2, 0.25) is 0 Å². The first-order valence-corrected chi connectivity index (χ1v) is 7.53. The number of nitrogens with zero attached hydrogens (tertiary/aromatic N) is 3. The van der Waals surface area contributed by atoms with E-state index in [1.165, 1.54) is 6.07 Å². The van der Waals surface area contributed by atoms with Gasteiger partial charge in [-0.2, -0.15) is 0 Å². The van der Waals surface area contributed by atoms with E-state index in [4.69, 9.17) is 9.84 Å². The fourth-order valence-corrected chi connectivity index (χ4v) is 2.29. The van der Waals surface area contributed by atoms with E-state index < -0.39 is 5.97 Å². The quantitative estimate of drug-likeness (QED) is 0.713. The van der Waals surface area contributed by atoms with Gasteiger partial charge in [-0.05, 0) is 30.3 Å². The molecule has 0 atom stereocenters. The first-order chi connectivity index (χ1) is 12.2. The molecule has 0 radical (unpaired) electrons. The average Bonchev–Trinajstić information content (AvgIpc) is 2.63. The maximum Gasteiger partial charge on any atom is 0.335 e. The molecule has 7 nitrogen and oxygen atoms in total. The Hall–Kier alpha value is -3.32. The van der Waals surface area contributed by atoms with Crippen molar-refractivity contribution in [1.29, 1.82) is 0 Å². The van der Waals surface area contributed by atoms with Crippen LogP contribution < -0.4 is 5.32 Å². The molecule has 3 rings (SSSR count). The normalized spacial score (nSPS) is 10.4. The molecule has 0 amide bonds. The molecular weight excluding hydrogens is 320 g/mol. The van der Waals surface area contributed by atoms with Crippen LogP contribution >= 0.6 is 0 Å². The zero-order valence-corrected chi connectivity index (χ0v) is 13.5. The number of hydrogen-bond donors (Lipinski definition) is 2. The van der Waals surface area contributed by atoms with Crippen LogP contribution in [0.4, 0.5) is 11.5 Å². The summed E-state index contributed by atoms with van der Waals surface area (Å²) in [5.74, 6) is 0.0745. The molecular formula is C18H16N4O3. The van der Waals surface area contributed by atoms with Crippen LogP contribution in [0.25, 0.3) is 11.4 Å². The first-order valence-electron chi connectivity index (χ1n) is 7.53. The molecule has 0 bridgehead atoms. The largest absolute Gasteiger partial charge is 0.478 e. The highest BCUT2D eigenvalue weighted by molar-refractivity contribution is 5.89. The van der Waals surface area contributed by atoms with Gasteiger partial charge in [0.2, 0.25) is 0 Å². The molecule has 0 fully saturated rings. The van der Waals surface area contributed by atoms with Gasteiger partial charge in [-0.15, -0.1) is 0 Å². The third-order valence-corrected chi connectivity index (χ3v) is 3.37. The second-order valence-electron chi connectivity index (χ2n) is 5.25. The van der Waals surface area contributed by atoms with Crippen molar-refractivity contribution >= 4 is 17.5 Å². The van der Waals surface area contributed by atoms with Gasteiger partial charge in [0.25, 0.3) is 0 Å². The summed E-state index contributed by atoms with van der Waals surface area (Å²) >= 11 is 0. The summed E-state index contributed by atoms with van der Waals surface area (Å²) in [5.41, 5.74) is 2.30. The molecule has 2 heterocycles. The zero-order chi connectivity index (χ0) is 17.6. The summed E-state index contributed by atoms with van der Waals surface area (Å²) in [6.07, 6.45) is 3.36. The standard InChI is InChI=1S/C18H16N4O3/c1-25-11-15-9-16(20-14-6-2-4-12(8-14)18(23)24)22-17(21-15)13-5-3-7-19-10-13/h2-10H,11H2,1H3,(H,23,24)(H,20,21,22). The minimum absolute atomic E-state index is 0.198. The highest BCUT2D eigenvalue weighted by Gasteiger charge is 2.09. The fourth-order valence-electron chi connectivity index (χ4n) is 2.29. The lowest BCUT2D eigenvalue weighted by atomic mass is 10.2. The number of ether oxygens (including phenoxy) is 1. The van der Waals surface area contributed by atoms with Crippen molar-refractivity contribution in [3.05, 3.63) is 66.1 Å². The number of aromatic nitrogens is 3. The highest BCUT2D eigenvalue weighted by Crippen LogP contribution is 2.21. The number of carboxylic acids is 1. The van der Waals surface area contributed by atoms with Gasteiger partial charge in [0.05, 0.1) is 17.9 Å². The topological polar surface area (TPSA) is 97.2 Å². The van der Waals surface area contributed by atoms with Crippen molar-refractivity contribution < 1.29 is 14.6 Å². The minimum atomic E-state index is -0.984. The summed E-state index contributed by atoms with van der Waals surface area (Å²) in [4.78, 5) is 24.2. The van der Waals surface area contributed by atoms with Crippen LogP contribution in [-0.2, 0) is 11.3 Å². The van der Waals surface area contributed by atoms with E-state index in [9.17, 15) is 4.79 Å². The third kappa shape index (κ3) is 4.15. The summed E-state index contributed by atoms with van der Waals surface area (Å²) < 4.78 is 5.16. The van der Waals surface area contributed by atoms with E-state index in [0.717, 1.165) is 5.56 Å². The Kier molecular flexibility index (Phi) is 4.96. The van der Waals surface area contributed by atoms with Gasteiger partial charge in [-0.25, -0.2) is 14.8 Å². The van der Waals surface area contributed by atoms with E-state index in [1.54, 1.807) is 43.8 Å². The minimum Gasteiger partial charge on any atom is -0.478 e. The Bertz CT molecular complexity index is 884. The maximum absolute atomic E-state index is 11.1. The SMILES string of the molecule is COCc1cc(Nc2cccc(C(=O)O)c2)nc(-c2cccnc2)n1. The van der Waals surface area contributed by atoms with Gasteiger partial charge in [0.1, 0.15) is 5.82 Å². The molecule has 1 aromatic carbocycles. The fraction of sp³-hybridized carbons (Fsp3) is 0.111. The van der Waals surface area contributed by atoms with Gasteiger partial charge >= 0.3 is 5.97 Å². The average molecular weight is 336 g/mol. The van der Waals surface area contributed by atoms with Crippen LogP contribution in [0.15, 0.2) is 54.9 Å². The van der Waals surface area contributed by atoms with Gasteiger partial charge < -0.3 is 15.2 Å². The Balaban J connectivity index is 1.96. The van der Waals surface area contributed by atoms with Crippen molar-refractivity contribution in [2.75, 3.05) is 12.4 Å². The Morgan fingerprint density at radius 3 is 2.80 bits per heavy atom. The number of rotatable bonds is 6. The molecule has 3 aromatic rings. The molecule has 25 heavy (non-hydrogen) atoms. The van der Waals surface area contributed by atoms with Crippen molar-refractivity contribution in [3.8, 4) is 11.4 Å². The highest BCUT2D eigenvalue weighted by atomic mass is 16.5. The van der Waals surface area contributed by atoms with E-state index in [0.29, 0.717) is 29.6 Å². The molecule has 126 valence electrons. The summed E-state index contributed by atoms with van der Waals surface area (Å²) in [6, 6.07) is 12.0. The zero-order valence-electron chi connectivity index (χ0n) is 13.5. The lowest BCUT2D eigenvalue weighted by Gasteiger charge is -2.10. The molecule has 0 aliphatic heterocycles. The predicted octanol–water partition coefficient (Wildman–Crippen LogP) is 3.13. The molecule has 7 heteroatoms. The second-order valence-corrected chi connectivity index (χ2v) is 5.25. The number of carboxylic acid groups (broad SMARTS) is 1. The predicted molar refractivity (Wildman–Crippen MR) is 92.7 cm³/mol. The van der Waals surface area contributed by atoms with Crippen LogP contribution in [0.1, 0.15) is 16.1 Å². The van der Waals surface area contributed by atoms with Crippen LogP contribution in [0.3, 0.4) is 0 Å². The van der Waals surface area contributed by atoms with E-state index >= 15 is 0 Å². The number of hydrogen-bond acceptors (Lipinski definition) is 6. The molecule has 0 saturated carbocycles. The van der Waals surface area contributed by atoms with E-state index in [-0.39, 0.29) is 5.56 Å². The van der Waals surface area contributed by atoms with Crippen LogP contribution in [0.5, 0.6) is 0 Å². The Morgan fingerprint density at radius 2 is 2.08 bits per heavy atom. The van der Waals surface area contributed by atoms with Gasteiger partial charge in [-0.1, -0.05) is 6.07 Å². The number of carbonyl (C=O) groups is 1. The summed E-state index contributed by atoms with van der Waals surface area (Å²) in [5, 5.41) is 12.2. The monoisotopic (exact) mass is 336 g/mol. The Morgan fingerprint density at radius 1 is 1.20 bits per heavy atom. The van der Waals surface area contributed by atoms with Crippen LogP contribution in [0, 0.1) is 0 Å². The van der Waals surface area contributed by atoms with Crippen LogP contribution in [-0.4, -0.2) is 33.1 Å². The molecule has 2 aromatic heterocycles. The van der Waals surface area contributed by atoms with Gasteiger partial charge in [-0.3, -0.25) is 4.98 Å². The maximum atomic E-state index is 11.1. The molecule has 0 aliphatic carbocycles. The number of anilines is 2. The first kappa shape index (κ1) is 16.5. The van der Waals surface area contributed by atoms with E-state index in [2.05, 4.69) is 20.3 Å². The van der Waals surface area contributed by atoms with Crippen molar-refractivity contribution in [2.24, 2.45) is 0 Å². The molecule has 0 saturated heterocycles. The third-order valence-electron chi connectivity index (χ3n) is 3.37. The number of methoxy groups -OCH3 is 1. The smallest absolute Gasteiger partial charge is 0.335 e. The summed E-state index contributed by atoms with van der Waals surface area (Å²) in [6.45, 7) is 0.333. The molecule has 0 aliphatic rings. The second kappa shape index (κ2) is 7.50. The van der Waals surface area contributed by atoms with Crippen molar-refractivity contribution in [3.63, 3.8) is 0 Å². The van der Waals surface area contributed by atoms with Crippen molar-refractivity contribution in [1.82, 2.24) is 15.0 Å². The Labute approximate surface area is 144 Å². The summed E-state index contributed by atoms with van der Waals surface area (Å²) in [7, 11) is 1.59. The van der Waals surface area contributed by atoms with E-state index in [1.807, 2.05) is 12.1 Å². The lowest BCUT2D eigenvalue weighted by molar-refractivity contribution is 0.0697.